The number of likely N-dealkylation sites (tertiary alicyclic amines) is 1. The van der Waals surface area contributed by atoms with E-state index in [-0.39, 0.29) is 5.41 Å². The van der Waals surface area contributed by atoms with Crippen molar-refractivity contribution in [1.29, 1.82) is 0 Å². The third-order valence-electron chi connectivity index (χ3n) is 4.25. The van der Waals surface area contributed by atoms with E-state index in [1.54, 1.807) is 11.3 Å². The molecule has 3 rings (SSSR count). The van der Waals surface area contributed by atoms with Gasteiger partial charge in [0.1, 0.15) is 5.01 Å². The summed E-state index contributed by atoms with van der Waals surface area (Å²) in [6.45, 7) is 5.21. The van der Waals surface area contributed by atoms with Crippen LogP contribution in [0, 0.1) is 5.41 Å². The van der Waals surface area contributed by atoms with E-state index in [9.17, 15) is 0 Å². The van der Waals surface area contributed by atoms with Gasteiger partial charge in [-0.05, 0) is 38.1 Å². The van der Waals surface area contributed by atoms with Crippen LogP contribution in [0.1, 0.15) is 24.8 Å². The maximum Gasteiger partial charge on any atom is 0.108 e. The van der Waals surface area contributed by atoms with Gasteiger partial charge in [-0.2, -0.15) is 0 Å². The van der Waals surface area contributed by atoms with Crippen LogP contribution in [0.5, 0.6) is 0 Å². The molecule has 0 unspecified atom stereocenters. The van der Waals surface area contributed by atoms with Crippen molar-refractivity contribution in [2.24, 2.45) is 11.1 Å². The molecule has 0 saturated carbocycles. The topological polar surface area (TPSA) is 42.1 Å². The predicted molar refractivity (Wildman–Crippen MR) is 89.0 cm³/mol. The number of thiazole rings is 1. The highest BCUT2D eigenvalue weighted by Gasteiger charge is 2.32. The highest BCUT2D eigenvalue weighted by Crippen LogP contribution is 2.32. The minimum absolute atomic E-state index is 0.0411. The summed E-state index contributed by atoms with van der Waals surface area (Å²) in [7, 11) is 0. The number of fused-ring (bicyclic) bond motifs is 1. The summed E-state index contributed by atoms with van der Waals surface area (Å²) in [4.78, 5) is 7.82. The second kappa shape index (κ2) is 5.39. The SMILES string of the molecule is CC1(C(N)=S)CCN(Cc2nc3ccccc3s2)CC1. The first-order valence-corrected chi connectivity index (χ1v) is 8.16. The fourth-order valence-corrected chi connectivity index (χ4v) is 3.84. The predicted octanol–water partition coefficient (Wildman–Crippen LogP) is 3.18. The lowest BCUT2D eigenvalue weighted by Crippen LogP contribution is -2.44. The van der Waals surface area contributed by atoms with Crippen molar-refractivity contribution in [3.63, 3.8) is 0 Å². The Balaban J connectivity index is 1.66. The first-order valence-electron chi connectivity index (χ1n) is 6.93. The van der Waals surface area contributed by atoms with Gasteiger partial charge in [-0.15, -0.1) is 11.3 Å². The largest absolute Gasteiger partial charge is 0.393 e. The summed E-state index contributed by atoms with van der Waals surface area (Å²) in [6, 6.07) is 8.32. The van der Waals surface area contributed by atoms with Gasteiger partial charge in [0.05, 0.1) is 21.7 Å². The van der Waals surface area contributed by atoms with E-state index in [0.29, 0.717) is 4.99 Å². The molecule has 1 aliphatic rings. The minimum Gasteiger partial charge on any atom is -0.393 e. The fraction of sp³-hybridized carbons (Fsp3) is 0.467. The number of piperidine rings is 1. The maximum absolute atomic E-state index is 5.85. The summed E-state index contributed by atoms with van der Waals surface area (Å²) in [5.74, 6) is 0. The van der Waals surface area contributed by atoms with E-state index in [1.165, 1.54) is 9.71 Å². The molecule has 0 atom stereocenters. The van der Waals surface area contributed by atoms with Crippen molar-refractivity contribution in [3.8, 4) is 0 Å². The van der Waals surface area contributed by atoms with Gasteiger partial charge in [0, 0.05) is 5.41 Å². The van der Waals surface area contributed by atoms with Crippen molar-refractivity contribution in [2.45, 2.75) is 26.3 Å². The minimum atomic E-state index is 0.0411. The van der Waals surface area contributed by atoms with Gasteiger partial charge >= 0.3 is 0 Å². The van der Waals surface area contributed by atoms with Gasteiger partial charge in [0.15, 0.2) is 0 Å². The lowest BCUT2D eigenvalue weighted by Gasteiger charge is -2.38. The second-order valence-electron chi connectivity index (χ2n) is 5.78. The fourth-order valence-electron chi connectivity index (χ4n) is 2.63. The molecule has 2 N–H and O–H groups in total. The number of benzene rings is 1. The molecule has 1 aliphatic heterocycles. The Hall–Kier alpha value is -1.04. The highest BCUT2D eigenvalue weighted by molar-refractivity contribution is 7.80. The standard InChI is InChI=1S/C15H19N3S2/c1-15(14(16)19)6-8-18(9-7-15)10-13-17-11-4-2-3-5-12(11)20-13/h2-5H,6-10H2,1H3,(H2,16,19). The quantitative estimate of drug-likeness (QED) is 0.884. The van der Waals surface area contributed by atoms with Gasteiger partial charge in [-0.25, -0.2) is 4.98 Å². The number of rotatable bonds is 3. The highest BCUT2D eigenvalue weighted by atomic mass is 32.1. The van der Waals surface area contributed by atoms with Crippen molar-refractivity contribution in [1.82, 2.24) is 9.88 Å². The molecule has 1 saturated heterocycles. The number of nitrogens with zero attached hydrogens (tertiary/aromatic N) is 2. The Morgan fingerprint density at radius 1 is 1.40 bits per heavy atom. The van der Waals surface area contributed by atoms with E-state index in [1.807, 2.05) is 6.07 Å². The summed E-state index contributed by atoms with van der Waals surface area (Å²) < 4.78 is 1.27. The smallest absolute Gasteiger partial charge is 0.108 e. The maximum atomic E-state index is 5.85. The van der Waals surface area contributed by atoms with Crippen molar-refractivity contribution in [3.05, 3.63) is 29.3 Å². The van der Waals surface area contributed by atoms with Crippen LogP contribution < -0.4 is 5.73 Å². The number of aromatic nitrogens is 1. The van der Waals surface area contributed by atoms with Crippen LogP contribution in [0.2, 0.25) is 0 Å². The molecule has 2 aromatic rings. The Morgan fingerprint density at radius 2 is 2.10 bits per heavy atom. The molecule has 0 aliphatic carbocycles. The molecular weight excluding hydrogens is 286 g/mol. The molecule has 1 aromatic heterocycles. The summed E-state index contributed by atoms with van der Waals surface area (Å²) in [5, 5.41) is 1.20. The Morgan fingerprint density at radius 3 is 2.75 bits per heavy atom. The molecule has 20 heavy (non-hydrogen) atoms. The monoisotopic (exact) mass is 305 g/mol. The number of para-hydroxylation sites is 1. The third kappa shape index (κ3) is 2.71. The van der Waals surface area contributed by atoms with Crippen molar-refractivity contribution < 1.29 is 0 Å². The normalized spacial score (nSPS) is 19.2. The molecule has 5 heteroatoms. The van der Waals surface area contributed by atoms with Gasteiger partial charge < -0.3 is 5.73 Å². The molecule has 0 bridgehead atoms. The molecule has 0 radical (unpaired) electrons. The number of thiocarbonyl (C=S) groups is 1. The van der Waals surface area contributed by atoms with Gasteiger partial charge in [0.2, 0.25) is 0 Å². The molecule has 2 heterocycles. The van der Waals surface area contributed by atoms with Crippen LogP contribution >= 0.6 is 23.6 Å². The first kappa shape index (κ1) is 13.9. The summed E-state index contributed by atoms with van der Waals surface area (Å²) in [5.41, 5.74) is 7.00. The van der Waals surface area contributed by atoms with Gasteiger partial charge in [0.25, 0.3) is 0 Å². The summed E-state index contributed by atoms with van der Waals surface area (Å²) in [6.07, 6.45) is 2.10. The van der Waals surface area contributed by atoms with E-state index >= 15 is 0 Å². The number of nitrogens with two attached hydrogens (primary N) is 1. The number of hydrogen-bond donors (Lipinski definition) is 1. The van der Waals surface area contributed by atoms with Crippen LogP contribution in [0.15, 0.2) is 24.3 Å². The Kier molecular flexibility index (Phi) is 3.75. The molecular formula is C15H19N3S2. The van der Waals surface area contributed by atoms with Crippen LogP contribution in [0.4, 0.5) is 0 Å². The zero-order chi connectivity index (χ0) is 14.2. The lowest BCUT2D eigenvalue weighted by atomic mass is 9.80. The first-order chi connectivity index (χ1) is 9.57. The average molecular weight is 305 g/mol. The van der Waals surface area contributed by atoms with E-state index < -0.39 is 0 Å². The Bertz CT molecular complexity index is 594. The zero-order valence-corrected chi connectivity index (χ0v) is 13.3. The van der Waals surface area contributed by atoms with Crippen LogP contribution in [-0.4, -0.2) is 28.0 Å². The second-order valence-corrected chi connectivity index (χ2v) is 7.33. The molecule has 1 fully saturated rings. The van der Waals surface area contributed by atoms with Crippen LogP contribution in [-0.2, 0) is 6.54 Å². The van der Waals surface area contributed by atoms with Crippen molar-refractivity contribution >= 4 is 38.8 Å². The van der Waals surface area contributed by atoms with E-state index in [2.05, 4.69) is 30.0 Å². The van der Waals surface area contributed by atoms with Crippen LogP contribution in [0.25, 0.3) is 10.2 Å². The lowest BCUT2D eigenvalue weighted by molar-refractivity contribution is 0.158. The average Bonchev–Trinajstić information content (AvgIpc) is 2.83. The van der Waals surface area contributed by atoms with Crippen molar-refractivity contribution in [2.75, 3.05) is 13.1 Å². The van der Waals surface area contributed by atoms with E-state index in [0.717, 1.165) is 38.0 Å². The Labute approximate surface area is 128 Å². The molecule has 1 aromatic carbocycles. The molecule has 0 amide bonds. The third-order valence-corrected chi connectivity index (χ3v) is 5.77. The molecule has 0 spiro atoms. The molecule has 106 valence electrons. The molecule has 3 nitrogen and oxygen atoms in total. The summed E-state index contributed by atoms with van der Waals surface area (Å²) >= 11 is 6.98. The number of hydrogen-bond acceptors (Lipinski definition) is 4. The van der Waals surface area contributed by atoms with Crippen LogP contribution in [0.3, 0.4) is 0 Å². The van der Waals surface area contributed by atoms with Gasteiger partial charge in [-0.3, -0.25) is 4.90 Å². The zero-order valence-electron chi connectivity index (χ0n) is 11.6. The van der Waals surface area contributed by atoms with Gasteiger partial charge in [-0.1, -0.05) is 31.3 Å². The van der Waals surface area contributed by atoms with E-state index in [4.69, 9.17) is 22.9 Å².